The molecular weight excluding hydrogens is 692 g/mol. The third-order valence-corrected chi connectivity index (χ3v) is 11.5. The maximum absolute atomic E-state index is 12.5. The molecule has 0 unspecified atom stereocenters. The second-order valence-corrected chi connectivity index (χ2v) is 15.9. The first kappa shape index (κ1) is 35.1. The Balaban J connectivity index is 1.18. The lowest BCUT2D eigenvalue weighted by molar-refractivity contribution is 0.0982. The molecule has 2 aromatic carbocycles. The summed E-state index contributed by atoms with van der Waals surface area (Å²) in [6, 6.07) is 8.33. The van der Waals surface area contributed by atoms with Gasteiger partial charge in [0.1, 0.15) is 16.5 Å². The molecule has 0 amide bonds. The minimum atomic E-state index is -3.55. The molecule has 3 aliphatic heterocycles. The summed E-state index contributed by atoms with van der Waals surface area (Å²) in [7, 11) is 3.72. The van der Waals surface area contributed by atoms with Crippen LogP contribution in [0.15, 0.2) is 42.9 Å². The Hall–Kier alpha value is -4.31. The predicted octanol–water partition coefficient (Wildman–Crippen LogP) is 4.57. The Labute approximate surface area is 304 Å². The lowest BCUT2D eigenvalue weighted by Crippen LogP contribution is -2.52. The summed E-state index contributed by atoms with van der Waals surface area (Å²) in [6.07, 6.45) is 9.44. The van der Waals surface area contributed by atoms with Gasteiger partial charge in [0, 0.05) is 101 Å². The van der Waals surface area contributed by atoms with Crippen molar-refractivity contribution in [3.8, 4) is 22.6 Å². The molecule has 7 rings (SSSR count). The smallest absolute Gasteiger partial charge is 0.232 e. The number of benzene rings is 2. The summed E-state index contributed by atoms with van der Waals surface area (Å²) in [6.45, 7) is 6.91. The van der Waals surface area contributed by atoms with E-state index in [1.807, 2.05) is 25.5 Å². The van der Waals surface area contributed by atoms with Crippen LogP contribution < -0.4 is 29.3 Å². The van der Waals surface area contributed by atoms with Crippen molar-refractivity contribution < 1.29 is 17.9 Å². The van der Waals surface area contributed by atoms with E-state index in [1.54, 1.807) is 17.9 Å². The molecule has 5 heterocycles. The number of ether oxygens (including phenoxy) is 2. The molecule has 4 aromatic rings. The molecular formula is C35H45ClN10O4S. The minimum Gasteiger partial charge on any atom is -0.494 e. The predicted molar refractivity (Wildman–Crippen MR) is 202 cm³/mol. The van der Waals surface area contributed by atoms with Gasteiger partial charge in [-0.15, -0.1) is 0 Å². The first-order valence-electron chi connectivity index (χ1n) is 17.2. The number of methoxy groups -OCH3 is 1. The number of nitrogens with zero attached hydrogens (tertiary/aromatic N) is 8. The number of halogens is 1. The Morgan fingerprint density at radius 1 is 1.00 bits per heavy atom. The van der Waals surface area contributed by atoms with Gasteiger partial charge in [0.15, 0.2) is 5.82 Å². The van der Waals surface area contributed by atoms with Gasteiger partial charge in [0.25, 0.3) is 0 Å². The maximum atomic E-state index is 12.5. The molecule has 0 bridgehead atoms. The first-order chi connectivity index (χ1) is 24.5. The third-order valence-electron chi connectivity index (χ3n) is 10.1. The highest BCUT2D eigenvalue weighted by Gasteiger charge is 2.29. The van der Waals surface area contributed by atoms with Crippen molar-refractivity contribution in [2.75, 3.05) is 93.2 Å². The van der Waals surface area contributed by atoms with Crippen LogP contribution >= 0.6 is 11.6 Å². The zero-order valence-electron chi connectivity index (χ0n) is 29.7. The van der Waals surface area contributed by atoms with E-state index in [0.29, 0.717) is 53.4 Å². The van der Waals surface area contributed by atoms with Crippen LogP contribution in [0, 0.1) is 0 Å². The largest absolute Gasteiger partial charge is 0.494 e. The molecule has 0 saturated carbocycles. The number of hydrogen-bond donors (Lipinski definition) is 2. The molecule has 2 N–H and O–H groups in total. The SMILES string of the molecule is COc1cc(N2CCC(N3CCN(C)CC3)CC2)c(-c2cnn(C)c2)cc1Nc1ncc(Cl)c(Nc2cc3c(cc2N(C)S(C)(=O)=O)CCO3)n1. The van der Waals surface area contributed by atoms with Gasteiger partial charge in [-0.25, -0.2) is 13.4 Å². The van der Waals surface area contributed by atoms with E-state index in [1.165, 1.54) is 17.5 Å². The number of piperidine rings is 1. The fraction of sp³-hybridized carbons (Fsp3) is 0.457. The van der Waals surface area contributed by atoms with E-state index in [0.717, 1.165) is 80.7 Å². The number of piperazine rings is 1. The second kappa shape index (κ2) is 14.4. The van der Waals surface area contributed by atoms with Crippen LogP contribution in [0.1, 0.15) is 18.4 Å². The van der Waals surface area contributed by atoms with Gasteiger partial charge in [-0.2, -0.15) is 10.1 Å². The third kappa shape index (κ3) is 7.52. The summed E-state index contributed by atoms with van der Waals surface area (Å²) < 4.78 is 39.8. The van der Waals surface area contributed by atoms with Crippen molar-refractivity contribution in [3.05, 3.63) is 53.4 Å². The fourth-order valence-electron chi connectivity index (χ4n) is 7.06. The Bertz CT molecular complexity index is 2010. The number of aryl methyl sites for hydroxylation is 1. The number of hydrogen-bond acceptors (Lipinski definition) is 12. The molecule has 51 heavy (non-hydrogen) atoms. The first-order valence-corrected chi connectivity index (χ1v) is 19.4. The van der Waals surface area contributed by atoms with Gasteiger partial charge in [0.2, 0.25) is 16.0 Å². The minimum absolute atomic E-state index is 0.258. The number of likely N-dealkylation sites (N-methyl/N-ethyl adjacent to an activating group) is 1. The zero-order chi connectivity index (χ0) is 35.9. The lowest BCUT2D eigenvalue weighted by Gasteiger charge is -2.43. The molecule has 272 valence electrons. The van der Waals surface area contributed by atoms with E-state index in [9.17, 15) is 8.42 Å². The van der Waals surface area contributed by atoms with Crippen LogP contribution in [0.5, 0.6) is 11.5 Å². The second-order valence-electron chi connectivity index (χ2n) is 13.5. The van der Waals surface area contributed by atoms with Crippen LogP contribution in [0.2, 0.25) is 5.02 Å². The number of sulfonamides is 1. The highest BCUT2D eigenvalue weighted by molar-refractivity contribution is 7.92. The highest BCUT2D eigenvalue weighted by Crippen LogP contribution is 2.42. The van der Waals surface area contributed by atoms with Crippen LogP contribution in [0.3, 0.4) is 0 Å². The molecule has 0 radical (unpaired) electrons. The van der Waals surface area contributed by atoms with Crippen LogP contribution in [-0.4, -0.2) is 117 Å². The van der Waals surface area contributed by atoms with Crippen LogP contribution in [0.4, 0.5) is 34.5 Å². The molecule has 0 aliphatic carbocycles. The van der Waals surface area contributed by atoms with Crippen molar-refractivity contribution in [3.63, 3.8) is 0 Å². The van der Waals surface area contributed by atoms with E-state index in [2.05, 4.69) is 54.6 Å². The fourth-order valence-corrected chi connectivity index (χ4v) is 7.71. The van der Waals surface area contributed by atoms with Crippen molar-refractivity contribution in [1.82, 2.24) is 29.5 Å². The number of fused-ring (bicyclic) bond motifs is 1. The summed E-state index contributed by atoms with van der Waals surface area (Å²) in [4.78, 5) is 16.7. The average Bonchev–Trinajstić information content (AvgIpc) is 3.77. The quantitative estimate of drug-likeness (QED) is 0.236. The van der Waals surface area contributed by atoms with Gasteiger partial charge < -0.3 is 29.9 Å². The Kier molecular flexibility index (Phi) is 9.89. The highest BCUT2D eigenvalue weighted by atomic mass is 35.5. The number of anilines is 6. The summed E-state index contributed by atoms with van der Waals surface area (Å²) in [5, 5.41) is 11.3. The van der Waals surface area contributed by atoms with Crippen molar-refractivity contribution in [2.24, 2.45) is 7.05 Å². The van der Waals surface area contributed by atoms with Gasteiger partial charge in [0.05, 0.1) is 49.4 Å². The standard InChI is InChI=1S/C35H45ClN10O4S/c1-42-11-13-45(14-12-42)25-6-9-46(10-7-25)30-19-33(49-4)29(17-26(30)24-20-38-43(2)22-24)40-35-37-21-27(36)34(41-35)39-28-18-32-23(8-15-50-32)16-31(28)44(3)51(5,47)48/h16-22,25H,6-15H2,1-5H3,(H2,37,39,40,41). The topological polar surface area (TPSA) is 133 Å². The molecule has 16 heteroatoms. The van der Waals surface area contributed by atoms with Crippen molar-refractivity contribution in [2.45, 2.75) is 25.3 Å². The van der Waals surface area contributed by atoms with Crippen molar-refractivity contribution >= 4 is 56.1 Å². The van der Waals surface area contributed by atoms with E-state index < -0.39 is 10.0 Å². The normalized spacial score (nSPS) is 17.3. The Morgan fingerprint density at radius 2 is 1.76 bits per heavy atom. The van der Waals surface area contributed by atoms with Gasteiger partial charge >= 0.3 is 0 Å². The lowest BCUT2D eigenvalue weighted by atomic mass is 9.98. The van der Waals surface area contributed by atoms with Crippen LogP contribution in [0.25, 0.3) is 11.1 Å². The molecule has 2 saturated heterocycles. The van der Waals surface area contributed by atoms with Gasteiger partial charge in [-0.05, 0) is 37.6 Å². The van der Waals surface area contributed by atoms with Crippen molar-refractivity contribution in [1.29, 1.82) is 0 Å². The summed E-state index contributed by atoms with van der Waals surface area (Å²) in [5.74, 6) is 1.89. The average molecular weight is 737 g/mol. The van der Waals surface area contributed by atoms with Crippen LogP contribution in [-0.2, 0) is 23.5 Å². The molecule has 0 atom stereocenters. The van der Waals surface area contributed by atoms with Gasteiger partial charge in [-0.3, -0.25) is 13.9 Å². The molecule has 14 nitrogen and oxygen atoms in total. The zero-order valence-corrected chi connectivity index (χ0v) is 31.3. The van der Waals surface area contributed by atoms with E-state index in [-0.39, 0.29) is 11.0 Å². The van der Waals surface area contributed by atoms with E-state index in [4.69, 9.17) is 26.1 Å². The monoisotopic (exact) mass is 736 g/mol. The maximum Gasteiger partial charge on any atom is 0.232 e. The number of rotatable bonds is 10. The number of aromatic nitrogens is 4. The van der Waals surface area contributed by atoms with Gasteiger partial charge in [-0.1, -0.05) is 11.6 Å². The van der Waals surface area contributed by atoms with E-state index >= 15 is 0 Å². The molecule has 2 fully saturated rings. The Morgan fingerprint density at radius 3 is 2.45 bits per heavy atom. The molecule has 3 aliphatic rings. The molecule has 0 spiro atoms. The summed E-state index contributed by atoms with van der Waals surface area (Å²) in [5.41, 5.74) is 5.63. The molecule has 2 aromatic heterocycles. The summed E-state index contributed by atoms with van der Waals surface area (Å²) >= 11 is 6.60. The number of nitrogens with one attached hydrogen (secondary N) is 2.